The molecule has 3 nitrogen and oxygen atoms in total. The van der Waals surface area contributed by atoms with Gasteiger partial charge in [0.25, 0.3) is 0 Å². The molecule has 1 aliphatic rings. The number of hydrogen-bond donors (Lipinski definition) is 1. The predicted molar refractivity (Wildman–Crippen MR) is 83.9 cm³/mol. The van der Waals surface area contributed by atoms with Gasteiger partial charge in [0, 0.05) is 38.3 Å². The average molecular weight is 276 g/mol. The zero-order valence-corrected chi connectivity index (χ0v) is 13.0. The Morgan fingerprint density at radius 3 is 2.75 bits per heavy atom. The maximum Gasteiger partial charge on any atom is 0.0674 e. The van der Waals surface area contributed by atoms with Gasteiger partial charge in [-0.1, -0.05) is 44.2 Å². The Kier molecular flexibility index (Phi) is 6.02. The van der Waals surface area contributed by atoms with Crippen LogP contribution in [0.25, 0.3) is 0 Å². The molecule has 0 aliphatic carbocycles. The molecule has 0 spiro atoms. The predicted octanol–water partition coefficient (Wildman–Crippen LogP) is 2.84. The number of rotatable bonds is 5. The van der Waals surface area contributed by atoms with E-state index >= 15 is 0 Å². The van der Waals surface area contributed by atoms with E-state index in [2.05, 4.69) is 61.3 Å². The first-order valence-corrected chi connectivity index (χ1v) is 7.81. The SMILES string of the molecule is CC(C)NCC(c1ccccc1)N1CCCOC(C)C1. The average Bonchev–Trinajstić information content (AvgIpc) is 2.65. The smallest absolute Gasteiger partial charge is 0.0674 e. The fourth-order valence-corrected chi connectivity index (χ4v) is 2.79. The lowest BCUT2D eigenvalue weighted by molar-refractivity contribution is 0.0602. The van der Waals surface area contributed by atoms with Crippen LogP contribution in [-0.4, -0.2) is 43.3 Å². The molecule has 1 aliphatic heterocycles. The molecule has 1 aromatic rings. The minimum Gasteiger partial charge on any atom is -0.377 e. The van der Waals surface area contributed by atoms with Crippen molar-refractivity contribution in [3.8, 4) is 0 Å². The van der Waals surface area contributed by atoms with Gasteiger partial charge in [-0.25, -0.2) is 0 Å². The van der Waals surface area contributed by atoms with Crippen molar-refractivity contribution in [3.05, 3.63) is 35.9 Å². The first-order valence-electron chi connectivity index (χ1n) is 7.81. The van der Waals surface area contributed by atoms with Crippen molar-refractivity contribution < 1.29 is 4.74 Å². The topological polar surface area (TPSA) is 24.5 Å². The van der Waals surface area contributed by atoms with Crippen LogP contribution in [0.5, 0.6) is 0 Å². The molecule has 1 fully saturated rings. The minimum atomic E-state index is 0.322. The fourth-order valence-electron chi connectivity index (χ4n) is 2.79. The van der Waals surface area contributed by atoms with Crippen LogP contribution in [0.1, 0.15) is 38.8 Å². The number of ether oxygens (including phenoxy) is 1. The monoisotopic (exact) mass is 276 g/mol. The maximum atomic E-state index is 5.78. The van der Waals surface area contributed by atoms with E-state index in [4.69, 9.17) is 4.74 Å². The summed E-state index contributed by atoms with van der Waals surface area (Å²) in [5.74, 6) is 0. The molecule has 1 heterocycles. The second-order valence-corrected chi connectivity index (χ2v) is 6.02. The summed E-state index contributed by atoms with van der Waals surface area (Å²) in [5.41, 5.74) is 1.40. The van der Waals surface area contributed by atoms with E-state index in [0.717, 1.165) is 32.7 Å². The minimum absolute atomic E-state index is 0.322. The summed E-state index contributed by atoms with van der Waals surface area (Å²) in [6.45, 7) is 10.6. The second-order valence-electron chi connectivity index (χ2n) is 6.02. The van der Waals surface area contributed by atoms with Crippen LogP contribution in [0.15, 0.2) is 30.3 Å². The quantitative estimate of drug-likeness (QED) is 0.895. The van der Waals surface area contributed by atoms with Gasteiger partial charge in [-0.15, -0.1) is 0 Å². The standard InChI is InChI=1S/C17H28N2O/c1-14(2)18-12-17(16-8-5-4-6-9-16)19-10-7-11-20-15(3)13-19/h4-6,8-9,14-15,17-18H,7,10-13H2,1-3H3. The molecule has 20 heavy (non-hydrogen) atoms. The Bertz CT molecular complexity index is 380. The Labute approximate surface area is 123 Å². The molecule has 0 bridgehead atoms. The van der Waals surface area contributed by atoms with Crippen LogP contribution < -0.4 is 5.32 Å². The summed E-state index contributed by atoms with van der Waals surface area (Å²) in [6, 6.07) is 11.8. The van der Waals surface area contributed by atoms with E-state index in [9.17, 15) is 0 Å². The van der Waals surface area contributed by atoms with Crippen molar-refractivity contribution in [1.29, 1.82) is 0 Å². The summed E-state index contributed by atoms with van der Waals surface area (Å²) in [5, 5.41) is 3.59. The summed E-state index contributed by atoms with van der Waals surface area (Å²) >= 11 is 0. The molecule has 1 saturated heterocycles. The first kappa shape index (κ1) is 15.5. The normalized spacial score (nSPS) is 22.7. The number of nitrogens with zero attached hydrogens (tertiary/aromatic N) is 1. The lowest BCUT2D eigenvalue weighted by atomic mass is 10.0. The third kappa shape index (κ3) is 4.58. The third-order valence-corrected chi connectivity index (χ3v) is 3.83. The van der Waals surface area contributed by atoms with Gasteiger partial charge in [-0.3, -0.25) is 4.90 Å². The molecule has 2 rings (SSSR count). The van der Waals surface area contributed by atoms with Gasteiger partial charge in [0.1, 0.15) is 0 Å². The van der Waals surface area contributed by atoms with E-state index in [0.29, 0.717) is 18.2 Å². The van der Waals surface area contributed by atoms with Crippen LogP contribution in [0.4, 0.5) is 0 Å². The molecule has 0 radical (unpaired) electrons. The largest absolute Gasteiger partial charge is 0.377 e. The molecule has 1 N–H and O–H groups in total. The zero-order chi connectivity index (χ0) is 14.4. The molecule has 2 atom stereocenters. The summed E-state index contributed by atoms with van der Waals surface area (Å²) in [6.07, 6.45) is 1.44. The van der Waals surface area contributed by atoms with Crippen molar-refractivity contribution in [2.24, 2.45) is 0 Å². The lowest BCUT2D eigenvalue weighted by Gasteiger charge is -2.32. The highest BCUT2D eigenvalue weighted by atomic mass is 16.5. The maximum absolute atomic E-state index is 5.78. The highest BCUT2D eigenvalue weighted by molar-refractivity contribution is 5.19. The van der Waals surface area contributed by atoms with E-state index < -0.39 is 0 Å². The third-order valence-electron chi connectivity index (χ3n) is 3.83. The van der Waals surface area contributed by atoms with E-state index in [1.807, 2.05) is 0 Å². The van der Waals surface area contributed by atoms with Crippen molar-refractivity contribution in [1.82, 2.24) is 10.2 Å². The van der Waals surface area contributed by atoms with E-state index in [-0.39, 0.29) is 0 Å². The summed E-state index contributed by atoms with van der Waals surface area (Å²) in [7, 11) is 0. The molecule has 2 unspecified atom stereocenters. The van der Waals surface area contributed by atoms with Gasteiger partial charge in [-0.05, 0) is 18.9 Å². The van der Waals surface area contributed by atoms with E-state index in [1.165, 1.54) is 5.56 Å². The number of hydrogen-bond acceptors (Lipinski definition) is 3. The van der Waals surface area contributed by atoms with Crippen molar-refractivity contribution in [2.45, 2.75) is 45.4 Å². The Balaban J connectivity index is 2.12. The van der Waals surface area contributed by atoms with Crippen molar-refractivity contribution >= 4 is 0 Å². The second kappa shape index (κ2) is 7.77. The van der Waals surface area contributed by atoms with Gasteiger partial charge in [-0.2, -0.15) is 0 Å². The molecule has 3 heteroatoms. The highest BCUT2D eigenvalue weighted by Gasteiger charge is 2.24. The lowest BCUT2D eigenvalue weighted by Crippen LogP contribution is -2.40. The molecule has 112 valence electrons. The van der Waals surface area contributed by atoms with Gasteiger partial charge >= 0.3 is 0 Å². The molecular formula is C17H28N2O. The summed E-state index contributed by atoms with van der Waals surface area (Å²) in [4.78, 5) is 2.57. The van der Waals surface area contributed by atoms with Crippen molar-refractivity contribution in [3.63, 3.8) is 0 Å². The van der Waals surface area contributed by atoms with Crippen LogP contribution >= 0.6 is 0 Å². The van der Waals surface area contributed by atoms with Crippen LogP contribution in [0.2, 0.25) is 0 Å². The van der Waals surface area contributed by atoms with Gasteiger partial charge < -0.3 is 10.1 Å². The Morgan fingerprint density at radius 2 is 2.05 bits per heavy atom. The fraction of sp³-hybridized carbons (Fsp3) is 0.647. The van der Waals surface area contributed by atoms with Crippen molar-refractivity contribution in [2.75, 3.05) is 26.2 Å². The first-order chi connectivity index (χ1) is 9.66. The number of nitrogens with one attached hydrogen (secondary N) is 1. The highest BCUT2D eigenvalue weighted by Crippen LogP contribution is 2.22. The zero-order valence-electron chi connectivity index (χ0n) is 13.0. The summed E-state index contributed by atoms with van der Waals surface area (Å²) < 4.78 is 5.78. The van der Waals surface area contributed by atoms with Crippen LogP contribution in [0, 0.1) is 0 Å². The Morgan fingerprint density at radius 1 is 1.30 bits per heavy atom. The Hall–Kier alpha value is -0.900. The number of benzene rings is 1. The molecule has 0 saturated carbocycles. The molecule has 0 aromatic heterocycles. The van der Waals surface area contributed by atoms with Crippen LogP contribution in [-0.2, 0) is 4.74 Å². The van der Waals surface area contributed by atoms with Gasteiger partial charge in [0.2, 0.25) is 0 Å². The van der Waals surface area contributed by atoms with E-state index in [1.54, 1.807) is 0 Å². The van der Waals surface area contributed by atoms with Gasteiger partial charge in [0.15, 0.2) is 0 Å². The van der Waals surface area contributed by atoms with Gasteiger partial charge in [0.05, 0.1) is 6.10 Å². The molecule has 1 aromatic carbocycles. The molecule has 0 amide bonds. The van der Waals surface area contributed by atoms with Crippen LogP contribution in [0.3, 0.4) is 0 Å². The molecular weight excluding hydrogens is 248 g/mol.